The minimum Gasteiger partial charge on any atom is -0.309 e. The maximum Gasteiger partial charge on any atom is 0.285 e. The minimum absolute atomic E-state index is 0.236. The molecule has 0 amide bonds. The van der Waals surface area contributed by atoms with Gasteiger partial charge in [-0.05, 0) is 43.4 Å². The predicted molar refractivity (Wildman–Crippen MR) is 83.1 cm³/mol. The standard InChI is InChI=1S/C15H15N3S/c1-11-6-5-7-12(10-11)14(18-15(16)19)17-13-8-3-2-4-9-13/h2-10H,1H3,(H3,16,17,18,19)/p+1. The number of nitrogens with one attached hydrogen (secondary N) is 2. The van der Waals surface area contributed by atoms with E-state index in [1.54, 1.807) is 0 Å². The first kappa shape index (κ1) is 13.2. The summed E-state index contributed by atoms with van der Waals surface area (Å²) in [7, 11) is 0. The monoisotopic (exact) mass is 270 g/mol. The lowest BCUT2D eigenvalue weighted by molar-refractivity contribution is -0.311. The van der Waals surface area contributed by atoms with Crippen molar-refractivity contribution < 1.29 is 4.99 Å². The van der Waals surface area contributed by atoms with Crippen molar-refractivity contribution in [3.05, 3.63) is 65.7 Å². The lowest BCUT2D eigenvalue weighted by Gasteiger charge is -2.06. The van der Waals surface area contributed by atoms with Gasteiger partial charge in [0.15, 0.2) is 0 Å². The van der Waals surface area contributed by atoms with E-state index in [4.69, 9.17) is 18.0 Å². The van der Waals surface area contributed by atoms with Crippen molar-refractivity contribution in [3.63, 3.8) is 0 Å². The second kappa shape index (κ2) is 6.11. The molecule has 0 bridgehead atoms. The molecule has 0 fully saturated rings. The molecule has 4 heteroatoms. The number of thiocarbonyl (C=S) groups is 1. The molecule has 2 rings (SSSR count). The number of aryl methyl sites for hydroxylation is 1. The van der Waals surface area contributed by atoms with Crippen molar-refractivity contribution in [2.45, 2.75) is 6.92 Å². The molecule has 2 aromatic carbocycles. The maximum atomic E-state index is 5.58. The van der Waals surface area contributed by atoms with Gasteiger partial charge in [-0.3, -0.25) is 5.32 Å². The number of nitrogens with two attached hydrogens (primary N) is 1. The van der Waals surface area contributed by atoms with E-state index < -0.39 is 0 Å². The van der Waals surface area contributed by atoms with E-state index in [0.29, 0.717) is 0 Å². The second-order valence-corrected chi connectivity index (χ2v) is 4.66. The fourth-order valence-corrected chi connectivity index (χ4v) is 1.87. The van der Waals surface area contributed by atoms with Crippen LogP contribution in [0.4, 0.5) is 5.69 Å². The molecule has 0 aromatic heterocycles. The fourth-order valence-electron chi connectivity index (χ4n) is 1.77. The summed E-state index contributed by atoms with van der Waals surface area (Å²) < 4.78 is 0. The smallest absolute Gasteiger partial charge is 0.285 e. The minimum atomic E-state index is 0.236. The molecular weight excluding hydrogens is 254 g/mol. The number of hydrogen-bond acceptors (Lipinski definition) is 1. The van der Waals surface area contributed by atoms with Crippen LogP contribution in [0.2, 0.25) is 0 Å². The highest BCUT2D eigenvalue weighted by Crippen LogP contribution is 2.08. The number of hydrogen-bond donors (Lipinski definition) is 3. The van der Waals surface area contributed by atoms with Gasteiger partial charge in [0.05, 0.1) is 5.69 Å². The molecule has 2 aromatic rings. The summed E-state index contributed by atoms with van der Waals surface area (Å²) in [5.74, 6) is 0.780. The number of rotatable bonds is 2. The maximum absolute atomic E-state index is 5.58. The summed E-state index contributed by atoms with van der Waals surface area (Å²) in [5.41, 5.74) is 8.74. The van der Waals surface area contributed by atoms with E-state index in [-0.39, 0.29) is 5.11 Å². The third-order valence-corrected chi connectivity index (χ3v) is 2.70. The zero-order valence-corrected chi connectivity index (χ0v) is 11.5. The van der Waals surface area contributed by atoms with Crippen LogP contribution in [0.3, 0.4) is 0 Å². The lowest BCUT2D eigenvalue weighted by Crippen LogP contribution is -2.81. The summed E-state index contributed by atoms with van der Waals surface area (Å²) in [4.78, 5) is 2.99. The number of para-hydroxylation sites is 1. The van der Waals surface area contributed by atoms with Gasteiger partial charge in [0.1, 0.15) is 0 Å². The molecule has 0 radical (unpaired) electrons. The largest absolute Gasteiger partial charge is 0.309 e. The fraction of sp³-hybridized carbons (Fsp3) is 0.0667. The molecular formula is C15H16N3S+. The zero-order valence-electron chi connectivity index (χ0n) is 10.7. The molecule has 0 atom stereocenters. The van der Waals surface area contributed by atoms with Crippen LogP contribution in [-0.2, 0) is 0 Å². The Bertz CT molecular complexity index is 606. The van der Waals surface area contributed by atoms with Gasteiger partial charge in [-0.15, -0.1) is 0 Å². The van der Waals surface area contributed by atoms with Gasteiger partial charge in [-0.25, -0.2) is 4.99 Å². The van der Waals surface area contributed by atoms with Crippen molar-refractivity contribution in [2.24, 2.45) is 5.73 Å². The molecule has 0 aliphatic heterocycles. The van der Waals surface area contributed by atoms with Crippen LogP contribution >= 0.6 is 12.2 Å². The van der Waals surface area contributed by atoms with E-state index in [9.17, 15) is 0 Å². The summed E-state index contributed by atoms with van der Waals surface area (Å²) in [6, 6.07) is 18.0. The quantitative estimate of drug-likeness (QED) is 0.436. The van der Waals surface area contributed by atoms with Gasteiger partial charge >= 0.3 is 0 Å². The highest BCUT2D eigenvalue weighted by atomic mass is 32.1. The Morgan fingerprint density at radius 2 is 1.84 bits per heavy atom. The summed E-state index contributed by atoms with van der Waals surface area (Å²) in [6.07, 6.45) is 0. The average molecular weight is 270 g/mol. The molecule has 0 saturated carbocycles. The third kappa shape index (κ3) is 3.89. The normalized spacial score (nSPS) is 11.1. The molecule has 0 aliphatic carbocycles. The van der Waals surface area contributed by atoms with Crippen molar-refractivity contribution in [3.8, 4) is 0 Å². The van der Waals surface area contributed by atoms with E-state index in [2.05, 4.69) is 16.4 Å². The first-order chi connectivity index (χ1) is 9.15. The first-order valence-electron chi connectivity index (χ1n) is 5.97. The van der Waals surface area contributed by atoms with Gasteiger partial charge in [0.25, 0.3) is 5.11 Å². The number of anilines is 1. The van der Waals surface area contributed by atoms with E-state index in [1.165, 1.54) is 5.56 Å². The highest BCUT2D eigenvalue weighted by Gasteiger charge is 2.09. The Hall–Kier alpha value is -2.20. The van der Waals surface area contributed by atoms with Crippen LogP contribution in [-0.4, -0.2) is 10.9 Å². The molecule has 3 nitrogen and oxygen atoms in total. The SMILES string of the molecule is Cc1cccc(/C(Nc2ccccc2)=[NH+]/C(N)=S)c1. The number of benzene rings is 2. The highest BCUT2D eigenvalue weighted by molar-refractivity contribution is 7.79. The van der Waals surface area contributed by atoms with Crippen LogP contribution in [0.15, 0.2) is 54.6 Å². The molecule has 0 saturated heterocycles. The summed E-state index contributed by atoms with van der Waals surface area (Å²) >= 11 is 4.93. The Kier molecular flexibility index (Phi) is 4.26. The second-order valence-electron chi connectivity index (χ2n) is 4.22. The molecule has 19 heavy (non-hydrogen) atoms. The topological polar surface area (TPSA) is 52.0 Å². The lowest BCUT2D eigenvalue weighted by atomic mass is 10.1. The summed E-state index contributed by atoms with van der Waals surface area (Å²) in [6.45, 7) is 2.05. The van der Waals surface area contributed by atoms with Crippen molar-refractivity contribution in [2.75, 3.05) is 5.32 Å². The van der Waals surface area contributed by atoms with Crippen molar-refractivity contribution >= 4 is 28.9 Å². The predicted octanol–water partition coefficient (Wildman–Crippen LogP) is 1.18. The van der Waals surface area contributed by atoms with E-state index in [1.807, 2.05) is 55.5 Å². The van der Waals surface area contributed by atoms with Crippen molar-refractivity contribution in [1.82, 2.24) is 0 Å². The molecule has 0 heterocycles. The van der Waals surface area contributed by atoms with Crippen LogP contribution in [0.1, 0.15) is 11.1 Å². The molecule has 96 valence electrons. The Morgan fingerprint density at radius 1 is 1.11 bits per heavy atom. The van der Waals surface area contributed by atoms with Crippen LogP contribution in [0.5, 0.6) is 0 Å². The Morgan fingerprint density at radius 3 is 2.47 bits per heavy atom. The van der Waals surface area contributed by atoms with Crippen LogP contribution in [0, 0.1) is 6.92 Å². The average Bonchev–Trinajstić information content (AvgIpc) is 2.39. The van der Waals surface area contributed by atoms with Crippen LogP contribution < -0.4 is 16.0 Å². The summed E-state index contributed by atoms with van der Waals surface area (Å²) in [5, 5.41) is 3.53. The Balaban J connectivity index is 2.35. The molecule has 4 N–H and O–H groups in total. The van der Waals surface area contributed by atoms with E-state index >= 15 is 0 Å². The van der Waals surface area contributed by atoms with Gasteiger partial charge in [-0.1, -0.05) is 35.9 Å². The van der Waals surface area contributed by atoms with Crippen LogP contribution in [0.25, 0.3) is 0 Å². The molecule has 0 spiro atoms. The van der Waals surface area contributed by atoms with Gasteiger partial charge in [0.2, 0.25) is 5.84 Å². The molecule has 0 aliphatic rings. The number of amidine groups is 1. The van der Waals surface area contributed by atoms with E-state index in [0.717, 1.165) is 17.1 Å². The first-order valence-corrected chi connectivity index (χ1v) is 6.38. The Labute approximate surface area is 118 Å². The van der Waals surface area contributed by atoms with Crippen molar-refractivity contribution in [1.29, 1.82) is 0 Å². The van der Waals surface area contributed by atoms with Gasteiger partial charge in [-0.2, -0.15) is 0 Å². The third-order valence-electron chi connectivity index (χ3n) is 2.60. The van der Waals surface area contributed by atoms with Gasteiger partial charge in [0, 0.05) is 5.56 Å². The van der Waals surface area contributed by atoms with Gasteiger partial charge < -0.3 is 5.73 Å². The molecule has 0 unspecified atom stereocenters. The zero-order chi connectivity index (χ0) is 13.7.